The first-order chi connectivity index (χ1) is 10.1. The molecule has 21 heavy (non-hydrogen) atoms. The molecule has 5 heteroatoms. The van der Waals surface area contributed by atoms with Crippen LogP contribution in [-0.4, -0.2) is 20.8 Å². The average Bonchev–Trinajstić information content (AvgIpc) is 2.94. The van der Waals surface area contributed by atoms with E-state index in [-0.39, 0.29) is 0 Å². The van der Waals surface area contributed by atoms with E-state index in [0.717, 1.165) is 27.8 Å². The minimum absolute atomic E-state index is 0.318. The van der Waals surface area contributed by atoms with Gasteiger partial charge in [-0.3, -0.25) is 0 Å². The molecule has 2 N–H and O–H groups in total. The van der Waals surface area contributed by atoms with Gasteiger partial charge in [0.25, 0.3) is 0 Å². The third-order valence-electron chi connectivity index (χ3n) is 3.52. The number of aromatic nitrogens is 2. The van der Waals surface area contributed by atoms with Crippen LogP contribution in [0.3, 0.4) is 0 Å². The average molecular weight is 281 g/mol. The number of aryl methyl sites for hydroxylation is 1. The van der Waals surface area contributed by atoms with Crippen LogP contribution < -0.4 is 5.32 Å². The van der Waals surface area contributed by atoms with E-state index in [0.29, 0.717) is 6.54 Å². The van der Waals surface area contributed by atoms with Gasteiger partial charge in [-0.1, -0.05) is 18.2 Å². The maximum absolute atomic E-state index is 10.6. The zero-order valence-corrected chi connectivity index (χ0v) is 11.6. The van der Waals surface area contributed by atoms with E-state index < -0.39 is 6.09 Å². The molecule has 3 rings (SSSR count). The molecular weight excluding hydrogens is 266 g/mol. The molecule has 0 atom stereocenters. The first kappa shape index (κ1) is 13.2. The van der Waals surface area contributed by atoms with Gasteiger partial charge in [-0.15, -0.1) is 0 Å². The third kappa shape index (κ3) is 2.58. The zero-order chi connectivity index (χ0) is 14.8. The molecule has 2 aromatic heterocycles. The number of rotatable bonds is 3. The summed E-state index contributed by atoms with van der Waals surface area (Å²) >= 11 is 0. The van der Waals surface area contributed by atoms with E-state index in [1.54, 1.807) is 6.20 Å². The highest BCUT2D eigenvalue weighted by molar-refractivity contribution is 5.80. The van der Waals surface area contributed by atoms with Crippen molar-refractivity contribution in [2.45, 2.75) is 13.5 Å². The Kier molecular flexibility index (Phi) is 3.31. The van der Waals surface area contributed by atoms with Gasteiger partial charge in [-0.25, -0.2) is 9.31 Å². The second kappa shape index (κ2) is 5.28. The van der Waals surface area contributed by atoms with E-state index >= 15 is 0 Å². The summed E-state index contributed by atoms with van der Waals surface area (Å²) in [7, 11) is 0. The number of carboxylic acid groups (broad SMARTS) is 1. The van der Waals surface area contributed by atoms with Crippen LogP contribution in [0, 0.1) is 6.92 Å². The number of carbonyl (C=O) groups is 1. The SMILES string of the molecule is Cc1cc(-c2ccnn3cccc23)ccc1CNC(=O)O. The minimum Gasteiger partial charge on any atom is -0.465 e. The van der Waals surface area contributed by atoms with Crippen LogP contribution in [0.5, 0.6) is 0 Å². The fourth-order valence-electron chi connectivity index (χ4n) is 2.43. The Balaban J connectivity index is 1.98. The van der Waals surface area contributed by atoms with Gasteiger partial charge in [-0.05, 0) is 41.8 Å². The van der Waals surface area contributed by atoms with E-state index in [4.69, 9.17) is 5.11 Å². The summed E-state index contributed by atoms with van der Waals surface area (Å²) in [6, 6.07) is 12.0. The Labute approximate surface area is 121 Å². The van der Waals surface area contributed by atoms with Crippen LogP contribution in [0.25, 0.3) is 16.6 Å². The Morgan fingerprint density at radius 2 is 2.19 bits per heavy atom. The van der Waals surface area contributed by atoms with Gasteiger partial charge in [-0.2, -0.15) is 5.10 Å². The minimum atomic E-state index is -1.01. The maximum Gasteiger partial charge on any atom is 0.404 e. The fraction of sp³-hybridized carbons (Fsp3) is 0.125. The van der Waals surface area contributed by atoms with Crippen molar-refractivity contribution in [2.75, 3.05) is 0 Å². The molecule has 0 fully saturated rings. The summed E-state index contributed by atoms with van der Waals surface area (Å²) in [4.78, 5) is 10.6. The molecule has 0 aliphatic rings. The number of hydrogen-bond acceptors (Lipinski definition) is 2. The largest absolute Gasteiger partial charge is 0.465 e. The molecule has 3 aromatic rings. The number of amides is 1. The van der Waals surface area contributed by atoms with Crippen molar-refractivity contribution >= 4 is 11.6 Å². The Morgan fingerprint density at radius 3 is 2.95 bits per heavy atom. The maximum atomic E-state index is 10.6. The zero-order valence-electron chi connectivity index (χ0n) is 11.6. The van der Waals surface area contributed by atoms with Crippen molar-refractivity contribution in [1.82, 2.24) is 14.9 Å². The van der Waals surface area contributed by atoms with E-state index in [9.17, 15) is 4.79 Å². The third-order valence-corrected chi connectivity index (χ3v) is 3.52. The van der Waals surface area contributed by atoms with Gasteiger partial charge in [0.05, 0.1) is 5.52 Å². The predicted molar refractivity (Wildman–Crippen MR) is 80.2 cm³/mol. The highest BCUT2D eigenvalue weighted by Gasteiger charge is 2.07. The summed E-state index contributed by atoms with van der Waals surface area (Å²) < 4.78 is 1.84. The standard InChI is InChI=1S/C16H15N3O2/c1-11-9-12(4-5-13(11)10-17-16(20)21)14-6-7-18-19-8-2-3-15(14)19/h2-9,17H,10H2,1H3,(H,20,21). The number of hydrogen-bond donors (Lipinski definition) is 2. The molecule has 0 saturated heterocycles. The molecule has 2 heterocycles. The Hall–Kier alpha value is -2.82. The lowest BCUT2D eigenvalue weighted by molar-refractivity contribution is 0.194. The number of fused-ring (bicyclic) bond motifs is 1. The van der Waals surface area contributed by atoms with Crippen LogP contribution in [0.15, 0.2) is 48.8 Å². The smallest absolute Gasteiger partial charge is 0.404 e. The number of benzene rings is 1. The van der Waals surface area contributed by atoms with Crippen LogP contribution in [0.4, 0.5) is 4.79 Å². The topological polar surface area (TPSA) is 66.6 Å². The summed E-state index contributed by atoms with van der Waals surface area (Å²) in [5.41, 5.74) is 5.28. The fourth-order valence-corrected chi connectivity index (χ4v) is 2.43. The monoisotopic (exact) mass is 281 g/mol. The van der Waals surface area contributed by atoms with Gasteiger partial charge in [0.15, 0.2) is 0 Å². The lowest BCUT2D eigenvalue weighted by Crippen LogP contribution is -2.20. The van der Waals surface area contributed by atoms with Crippen LogP contribution in [0.2, 0.25) is 0 Å². The molecule has 0 aliphatic heterocycles. The lowest BCUT2D eigenvalue weighted by Gasteiger charge is -2.10. The summed E-state index contributed by atoms with van der Waals surface area (Å²) in [5.74, 6) is 0. The predicted octanol–water partition coefficient (Wildman–Crippen LogP) is 3.08. The molecule has 1 aromatic carbocycles. The first-order valence-electron chi connectivity index (χ1n) is 6.64. The van der Waals surface area contributed by atoms with Crippen molar-refractivity contribution < 1.29 is 9.90 Å². The van der Waals surface area contributed by atoms with E-state index in [1.165, 1.54) is 0 Å². The second-order valence-corrected chi connectivity index (χ2v) is 4.88. The van der Waals surface area contributed by atoms with E-state index in [1.807, 2.05) is 48.0 Å². The van der Waals surface area contributed by atoms with E-state index in [2.05, 4.69) is 16.5 Å². The molecule has 0 unspecified atom stereocenters. The lowest BCUT2D eigenvalue weighted by atomic mass is 10.00. The molecule has 0 bridgehead atoms. The molecular formula is C16H15N3O2. The van der Waals surface area contributed by atoms with Crippen LogP contribution >= 0.6 is 0 Å². The number of nitrogens with zero attached hydrogens (tertiary/aromatic N) is 2. The van der Waals surface area contributed by atoms with Crippen molar-refractivity contribution in [1.29, 1.82) is 0 Å². The first-order valence-corrected chi connectivity index (χ1v) is 6.64. The van der Waals surface area contributed by atoms with Gasteiger partial charge >= 0.3 is 6.09 Å². The molecule has 106 valence electrons. The highest BCUT2D eigenvalue weighted by atomic mass is 16.4. The summed E-state index contributed by atoms with van der Waals surface area (Å²) in [6.45, 7) is 2.30. The van der Waals surface area contributed by atoms with Crippen molar-refractivity contribution in [3.05, 3.63) is 59.9 Å². The molecule has 0 radical (unpaired) electrons. The van der Waals surface area contributed by atoms with Crippen molar-refractivity contribution in [3.63, 3.8) is 0 Å². The summed E-state index contributed by atoms with van der Waals surface area (Å²) in [6.07, 6.45) is 2.68. The normalized spacial score (nSPS) is 10.7. The van der Waals surface area contributed by atoms with Crippen molar-refractivity contribution in [2.24, 2.45) is 0 Å². The molecule has 5 nitrogen and oxygen atoms in total. The quantitative estimate of drug-likeness (QED) is 0.775. The van der Waals surface area contributed by atoms with Crippen LogP contribution in [-0.2, 0) is 6.54 Å². The summed E-state index contributed by atoms with van der Waals surface area (Å²) in [5, 5.41) is 15.3. The van der Waals surface area contributed by atoms with Gasteiger partial charge in [0.1, 0.15) is 0 Å². The highest BCUT2D eigenvalue weighted by Crippen LogP contribution is 2.26. The number of nitrogens with one attached hydrogen (secondary N) is 1. The Bertz CT molecular complexity index is 808. The molecule has 0 spiro atoms. The molecule has 0 aliphatic carbocycles. The molecule has 0 saturated carbocycles. The van der Waals surface area contributed by atoms with Crippen LogP contribution in [0.1, 0.15) is 11.1 Å². The van der Waals surface area contributed by atoms with Crippen molar-refractivity contribution in [3.8, 4) is 11.1 Å². The Morgan fingerprint density at radius 1 is 1.33 bits per heavy atom. The van der Waals surface area contributed by atoms with Gasteiger partial charge in [0, 0.05) is 24.5 Å². The molecule has 1 amide bonds. The van der Waals surface area contributed by atoms with Gasteiger partial charge in [0.2, 0.25) is 0 Å². The second-order valence-electron chi connectivity index (χ2n) is 4.88. The van der Waals surface area contributed by atoms with Gasteiger partial charge < -0.3 is 10.4 Å².